The second-order valence-electron chi connectivity index (χ2n) is 6.62. The van der Waals surface area contributed by atoms with E-state index in [0.29, 0.717) is 13.0 Å². The summed E-state index contributed by atoms with van der Waals surface area (Å²) in [5, 5.41) is 3.00. The summed E-state index contributed by atoms with van der Waals surface area (Å²) in [5.41, 5.74) is 0.412. The Kier molecular flexibility index (Phi) is 4.36. The van der Waals surface area contributed by atoms with Gasteiger partial charge >= 0.3 is 0 Å². The minimum absolute atomic E-state index is 0.00227. The van der Waals surface area contributed by atoms with E-state index in [1.54, 1.807) is 7.11 Å². The van der Waals surface area contributed by atoms with Gasteiger partial charge in [0.05, 0.1) is 24.0 Å². The molecule has 1 saturated heterocycles. The van der Waals surface area contributed by atoms with Crippen molar-refractivity contribution in [3.8, 4) is 5.75 Å². The zero-order valence-corrected chi connectivity index (χ0v) is 14.2. The van der Waals surface area contributed by atoms with Gasteiger partial charge in [0, 0.05) is 12.1 Å². The zero-order valence-electron chi connectivity index (χ0n) is 13.4. The third-order valence-corrected chi connectivity index (χ3v) is 6.98. The van der Waals surface area contributed by atoms with Gasteiger partial charge in [0.1, 0.15) is 5.75 Å². The van der Waals surface area contributed by atoms with Crippen molar-refractivity contribution in [2.45, 2.75) is 31.1 Å². The van der Waals surface area contributed by atoms with Gasteiger partial charge in [-0.3, -0.25) is 4.79 Å². The van der Waals surface area contributed by atoms with Crippen LogP contribution in [0.15, 0.2) is 24.3 Å². The van der Waals surface area contributed by atoms with E-state index in [1.807, 2.05) is 24.3 Å². The quantitative estimate of drug-likeness (QED) is 0.887. The van der Waals surface area contributed by atoms with Crippen molar-refractivity contribution < 1.29 is 17.9 Å². The summed E-state index contributed by atoms with van der Waals surface area (Å²) >= 11 is 0. The van der Waals surface area contributed by atoms with E-state index in [4.69, 9.17) is 4.74 Å². The number of carbonyl (C=O) groups is 1. The number of hydrogen-bond donors (Lipinski definition) is 1. The topological polar surface area (TPSA) is 72.5 Å². The molecule has 0 bridgehead atoms. The summed E-state index contributed by atoms with van der Waals surface area (Å²) in [7, 11) is -1.29. The molecule has 0 spiro atoms. The van der Waals surface area contributed by atoms with E-state index in [0.717, 1.165) is 30.6 Å². The second-order valence-corrected chi connectivity index (χ2v) is 8.84. The number of sulfone groups is 1. The predicted molar refractivity (Wildman–Crippen MR) is 88.3 cm³/mol. The molecule has 3 rings (SSSR count). The largest absolute Gasteiger partial charge is 0.496 e. The van der Waals surface area contributed by atoms with Crippen molar-refractivity contribution in [2.24, 2.45) is 5.92 Å². The summed E-state index contributed by atoms with van der Waals surface area (Å²) in [5.74, 6) is 1.21. The van der Waals surface area contributed by atoms with Crippen LogP contribution in [0.5, 0.6) is 5.75 Å². The number of para-hydroxylation sites is 1. The van der Waals surface area contributed by atoms with Crippen molar-refractivity contribution in [2.75, 3.05) is 25.2 Å². The Morgan fingerprint density at radius 1 is 1.35 bits per heavy atom. The van der Waals surface area contributed by atoms with Gasteiger partial charge in [-0.2, -0.15) is 0 Å². The van der Waals surface area contributed by atoms with E-state index in [-0.39, 0.29) is 23.3 Å². The normalized spacial score (nSPS) is 24.7. The van der Waals surface area contributed by atoms with Crippen LogP contribution in [0, 0.1) is 5.92 Å². The average molecular weight is 337 g/mol. The molecule has 0 unspecified atom stereocenters. The maximum Gasteiger partial charge on any atom is 0.230 e. The molecule has 1 aromatic rings. The molecular weight excluding hydrogens is 314 g/mol. The van der Waals surface area contributed by atoms with E-state index in [1.165, 1.54) is 0 Å². The molecule has 0 aromatic heterocycles. The molecule has 5 nitrogen and oxygen atoms in total. The van der Waals surface area contributed by atoms with E-state index >= 15 is 0 Å². The molecule has 1 aliphatic carbocycles. The third kappa shape index (κ3) is 3.09. The van der Waals surface area contributed by atoms with E-state index in [2.05, 4.69) is 5.32 Å². The number of hydrogen-bond acceptors (Lipinski definition) is 4. The summed E-state index contributed by atoms with van der Waals surface area (Å²) in [6.07, 6.45) is 3.28. The SMILES string of the molecule is COc1ccccc1C1(C(=O)NC[C@H]2CCS(=O)(=O)C2)CCC1. The highest BCUT2D eigenvalue weighted by atomic mass is 32.2. The average Bonchev–Trinajstić information content (AvgIpc) is 2.84. The molecular formula is C17H23NO4S. The minimum atomic E-state index is -2.90. The first-order valence-electron chi connectivity index (χ1n) is 8.09. The lowest BCUT2D eigenvalue weighted by Crippen LogP contribution is -2.50. The molecule has 6 heteroatoms. The molecule has 1 heterocycles. The van der Waals surface area contributed by atoms with Crippen molar-refractivity contribution in [3.05, 3.63) is 29.8 Å². The van der Waals surface area contributed by atoms with Gasteiger partial charge in [-0.15, -0.1) is 0 Å². The van der Waals surface area contributed by atoms with E-state index in [9.17, 15) is 13.2 Å². The number of ether oxygens (including phenoxy) is 1. The minimum Gasteiger partial charge on any atom is -0.496 e. The maximum atomic E-state index is 12.8. The first-order valence-corrected chi connectivity index (χ1v) is 9.91. The van der Waals surface area contributed by atoms with Crippen LogP contribution in [0.4, 0.5) is 0 Å². The molecule has 1 saturated carbocycles. The fourth-order valence-corrected chi connectivity index (χ4v) is 5.49. The Hall–Kier alpha value is -1.56. The lowest BCUT2D eigenvalue weighted by atomic mass is 9.63. The third-order valence-electron chi connectivity index (χ3n) is 5.14. The Balaban J connectivity index is 1.72. The molecule has 1 amide bonds. The lowest BCUT2D eigenvalue weighted by molar-refractivity contribution is -0.130. The number of nitrogens with one attached hydrogen (secondary N) is 1. The standard InChI is InChI=1S/C17H23NO4S/c1-22-15-6-3-2-5-14(15)17(8-4-9-17)16(19)18-11-13-7-10-23(20,21)12-13/h2-3,5-6,13H,4,7-12H2,1H3,(H,18,19)/t13-/m1/s1. The molecule has 1 atom stereocenters. The molecule has 126 valence electrons. The van der Waals surface area contributed by atoms with Crippen molar-refractivity contribution >= 4 is 15.7 Å². The van der Waals surface area contributed by atoms with Crippen molar-refractivity contribution in [3.63, 3.8) is 0 Å². The molecule has 2 fully saturated rings. The van der Waals surface area contributed by atoms with Crippen LogP contribution in [-0.2, 0) is 20.0 Å². The first-order chi connectivity index (χ1) is 11.0. The first kappa shape index (κ1) is 16.3. The molecule has 1 aromatic carbocycles. The van der Waals surface area contributed by atoms with Crippen LogP contribution in [-0.4, -0.2) is 39.5 Å². The predicted octanol–water partition coefficient (Wildman–Crippen LogP) is 1.67. The van der Waals surface area contributed by atoms with Crippen molar-refractivity contribution in [1.29, 1.82) is 0 Å². The van der Waals surface area contributed by atoms with Crippen LogP contribution in [0.2, 0.25) is 0 Å². The molecule has 23 heavy (non-hydrogen) atoms. The fraction of sp³-hybridized carbons (Fsp3) is 0.588. The highest BCUT2D eigenvalue weighted by molar-refractivity contribution is 7.91. The second kappa shape index (κ2) is 6.15. The monoisotopic (exact) mass is 337 g/mol. The zero-order chi connectivity index (χ0) is 16.5. The molecule has 1 aliphatic heterocycles. The highest BCUT2D eigenvalue weighted by Crippen LogP contribution is 2.47. The fourth-order valence-electron chi connectivity index (χ4n) is 3.63. The number of rotatable bonds is 5. The van der Waals surface area contributed by atoms with Gasteiger partial charge in [0.15, 0.2) is 9.84 Å². The summed E-state index contributed by atoms with van der Waals surface area (Å²) in [6, 6.07) is 7.66. The van der Waals surface area contributed by atoms with Crippen LogP contribution >= 0.6 is 0 Å². The molecule has 2 aliphatic rings. The number of carbonyl (C=O) groups excluding carboxylic acids is 1. The van der Waals surface area contributed by atoms with E-state index < -0.39 is 15.3 Å². The maximum absolute atomic E-state index is 12.8. The number of methoxy groups -OCH3 is 1. The highest BCUT2D eigenvalue weighted by Gasteiger charge is 2.47. The van der Waals surface area contributed by atoms with Crippen LogP contribution in [0.3, 0.4) is 0 Å². The van der Waals surface area contributed by atoms with Crippen LogP contribution in [0.1, 0.15) is 31.2 Å². The Morgan fingerprint density at radius 3 is 2.65 bits per heavy atom. The summed E-state index contributed by atoms with van der Waals surface area (Å²) in [4.78, 5) is 12.8. The lowest BCUT2D eigenvalue weighted by Gasteiger charge is -2.41. The Morgan fingerprint density at radius 2 is 2.09 bits per heavy atom. The number of benzene rings is 1. The van der Waals surface area contributed by atoms with Gasteiger partial charge in [-0.1, -0.05) is 24.6 Å². The van der Waals surface area contributed by atoms with Gasteiger partial charge in [-0.05, 0) is 31.2 Å². The van der Waals surface area contributed by atoms with Gasteiger partial charge in [0.25, 0.3) is 0 Å². The summed E-state index contributed by atoms with van der Waals surface area (Å²) < 4.78 is 28.5. The smallest absolute Gasteiger partial charge is 0.230 e. The molecule has 0 radical (unpaired) electrons. The summed E-state index contributed by atoms with van der Waals surface area (Å²) in [6.45, 7) is 0.439. The van der Waals surface area contributed by atoms with Gasteiger partial charge < -0.3 is 10.1 Å². The Labute approximate surface area is 137 Å². The van der Waals surface area contributed by atoms with Gasteiger partial charge in [-0.25, -0.2) is 8.42 Å². The number of amides is 1. The van der Waals surface area contributed by atoms with Crippen LogP contribution in [0.25, 0.3) is 0 Å². The molecule has 1 N–H and O–H groups in total. The van der Waals surface area contributed by atoms with Crippen LogP contribution < -0.4 is 10.1 Å². The van der Waals surface area contributed by atoms with Crippen molar-refractivity contribution in [1.82, 2.24) is 5.32 Å². The Bertz CT molecular complexity index is 694. The van der Waals surface area contributed by atoms with Gasteiger partial charge in [0.2, 0.25) is 5.91 Å².